The summed E-state index contributed by atoms with van der Waals surface area (Å²) in [6.07, 6.45) is 15.3. The summed E-state index contributed by atoms with van der Waals surface area (Å²) in [5.74, 6) is 0.654. The first-order valence-electron chi connectivity index (χ1n) is 13.4. The molecule has 3 rings (SSSR count). The van der Waals surface area contributed by atoms with Crippen molar-refractivity contribution in [2.75, 3.05) is 12.8 Å². The van der Waals surface area contributed by atoms with E-state index in [1.165, 1.54) is 57.4 Å². The van der Waals surface area contributed by atoms with Crippen LogP contribution in [0.25, 0.3) is 0 Å². The van der Waals surface area contributed by atoms with Crippen molar-refractivity contribution in [2.24, 2.45) is 17.8 Å². The summed E-state index contributed by atoms with van der Waals surface area (Å²) in [6.45, 7) is 2.36. The molecule has 2 saturated carbocycles. The maximum Gasteiger partial charge on any atom is 0.325 e. The van der Waals surface area contributed by atoms with Crippen LogP contribution >= 0.6 is 7.60 Å². The Hall–Kier alpha value is -0.970. The Morgan fingerprint density at radius 1 is 0.882 bits per heavy atom. The zero-order valence-electron chi connectivity index (χ0n) is 20.7. The first-order valence-corrected chi connectivity index (χ1v) is 15.2. The molecule has 0 saturated heterocycles. The van der Waals surface area contributed by atoms with Crippen LogP contribution in [0.2, 0.25) is 0 Å². The zero-order chi connectivity index (χ0) is 24.6. The summed E-state index contributed by atoms with van der Waals surface area (Å²) in [5, 5.41) is 0. The third-order valence-electron chi connectivity index (χ3n) is 8.16. The molecule has 1 aromatic carbocycles. The second-order valence-corrected chi connectivity index (χ2v) is 12.4. The smallest absolute Gasteiger partial charge is 0.325 e. The number of unbranched alkanes of at least 4 members (excludes halogenated alkanes) is 3. The van der Waals surface area contributed by atoms with E-state index in [0.717, 1.165) is 43.4 Å². The van der Waals surface area contributed by atoms with E-state index in [1.807, 2.05) is 0 Å². The van der Waals surface area contributed by atoms with Gasteiger partial charge in [-0.25, -0.2) is 4.39 Å². The van der Waals surface area contributed by atoms with E-state index >= 15 is 0 Å². The van der Waals surface area contributed by atoms with Gasteiger partial charge in [0.2, 0.25) is 5.82 Å². The van der Waals surface area contributed by atoms with Crippen molar-refractivity contribution >= 4 is 7.60 Å². The quantitative estimate of drug-likeness (QED) is 0.226. The SMILES string of the molecule is CCCCCC1CCC(C2CCC(c3ccc(OCCCCP(=O)(O)O)c(F)c3F)CC2)CC1. The Morgan fingerprint density at radius 2 is 1.53 bits per heavy atom. The highest BCUT2D eigenvalue weighted by atomic mass is 31.2. The van der Waals surface area contributed by atoms with Crippen molar-refractivity contribution in [1.82, 2.24) is 0 Å². The topological polar surface area (TPSA) is 66.8 Å². The lowest BCUT2D eigenvalue weighted by Gasteiger charge is -2.38. The largest absolute Gasteiger partial charge is 0.490 e. The summed E-state index contributed by atoms with van der Waals surface area (Å²) in [7, 11) is -4.03. The minimum absolute atomic E-state index is 0.0634. The third-order valence-corrected chi connectivity index (χ3v) is 9.06. The molecule has 0 radical (unpaired) electrons. The normalized spacial score (nSPS) is 25.9. The van der Waals surface area contributed by atoms with Gasteiger partial charge in [0.25, 0.3) is 0 Å². The molecule has 0 atom stereocenters. The van der Waals surface area contributed by atoms with Crippen LogP contribution in [0, 0.1) is 29.4 Å². The van der Waals surface area contributed by atoms with Crippen LogP contribution < -0.4 is 4.74 Å². The van der Waals surface area contributed by atoms with E-state index in [4.69, 9.17) is 14.5 Å². The molecule has 2 N–H and O–H groups in total. The number of ether oxygens (including phenoxy) is 1. The van der Waals surface area contributed by atoms with Crippen molar-refractivity contribution < 1.29 is 27.9 Å². The number of rotatable bonds is 12. The Balaban J connectivity index is 1.43. The molecule has 4 nitrogen and oxygen atoms in total. The Labute approximate surface area is 204 Å². The first kappa shape index (κ1) is 27.6. The van der Waals surface area contributed by atoms with Crippen LogP contribution in [0.15, 0.2) is 12.1 Å². The molecule has 194 valence electrons. The van der Waals surface area contributed by atoms with Crippen LogP contribution in [-0.2, 0) is 4.57 Å². The first-order chi connectivity index (χ1) is 16.3. The molecule has 1 aromatic rings. The van der Waals surface area contributed by atoms with Gasteiger partial charge < -0.3 is 14.5 Å². The summed E-state index contributed by atoms with van der Waals surface area (Å²) in [5.41, 5.74) is 0.462. The highest BCUT2D eigenvalue weighted by Crippen LogP contribution is 2.45. The molecular weight excluding hydrogens is 457 g/mol. The van der Waals surface area contributed by atoms with Gasteiger partial charge in [0, 0.05) is 6.16 Å². The van der Waals surface area contributed by atoms with Crippen molar-refractivity contribution in [3.63, 3.8) is 0 Å². The number of halogens is 2. The second-order valence-electron chi connectivity index (χ2n) is 10.6. The van der Waals surface area contributed by atoms with Crippen LogP contribution in [0.4, 0.5) is 8.78 Å². The van der Waals surface area contributed by atoms with Gasteiger partial charge in [-0.1, -0.05) is 51.5 Å². The molecular formula is C27H43F2O4P. The molecule has 0 aromatic heterocycles. The fraction of sp³-hybridized carbons (Fsp3) is 0.778. The van der Waals surface area contributed by atoms with Crippen molar-refractivity contribution in [3.05, 3.63) is 29.3 Å². The van der Waals surface area contributed by atoms with Gasteiger partial charge >= 0.3 is 7.60 Å². The van der Waals surface area contributed by atoms with Gasteiger partial charge in [0.15, 0.2) is 11.6 Å². The molecule has 0 bridgehead atoms. The van der Waals surface area contributed by atoms with Gasteiger partial charge in [-0.2, -0.15) is 4.39 Å². The average Bonchev–Trinajstić information content (AvgIpc) is 2.82. The van der Waals surface area contributed by atoms with E-state index in [1.54, 1.807) is 6.07 Å². The number of hydrogen-bond acceptors (Lipinski definition) is 2. The molecule has 34 heavy (non-hydrogen) atoms. The minimum Gasteiger partial charge on any atom is -0.490 e. The van der Waals surface area contributed by atoms with Gasteiger partial charge in [-0.15, -0.1) is 0 Å². The van der Waals surface area contributed by atoms with Gasteiger partial charge in [0.1, 0.15) is 0 Å². The van der Waals surface area contributed by atoms with Gasteiger partial charge in [-0.05, 0) is 86.7 Å². The van der Waals surface area contributed by atoms with Crippen LogP contribution in [0.1, 0.15) is 108 Å². The van der Waals surface area contributed by atoms with E-state index in [-0.39, 0.29) is 30.9 Å². The fourth-order valence-electron chi connectivity index (χ4n) is 6.11. The molecule has 0 spiro atoms. The molecule has 0 amide bonds. The summed E-state index contributed by atoms with van der Waals surface area (Å²) < 4.78 is 45.7. The standard InChI is InChI=1S/C27H43F2O4P/c1-2-3-4-7-20-8-10-21(11-9-20)22-12-14-23(15-13-22)24-16-17-25(27(29)26(24)28)33-18-5-6-19-34(30,31)32/h16-17,20-23H,2-15,18-19H2,1H3,(H2,30,31,32). The lowest BCUT2D eigenvalue weighted by Crippen LogP contribution is -2.25. The molecule has 2 aliphatic rings. The van der Waals surface area contributed by atoms with Crippen LogP contribution in [-0.4, -0.2) is 22.6 Å². The highest BCUT2D eigenvalue weighted by molar-refractivity contribution is 7.51. The van der Waals surface area contributed by atoms with Crippen molar-refractivity contribution in [3.8, 4) is 5.75 Å². The molecule has 7 heteroatoms. The van der Waals surface area contributed by atoms with Crippen LogP contribution in [0.3, 0.4) is 0 Å². The summed E-state index contributed by atoms with van der Waals surface area (Å²) in [6, 6.07) is 3.17. The molecule has 0 aliphatic heterocycles. The van der Waals surface area contributed by atoms with Gasteiger partial charge in [-0.3, -0.25) is 4.57 Å². The van der Waals surface area contributed by atoms with Gasteiger partial charge in [0.05, 0.1) is 6.61 Å². The van der Waals surface area contributed by atoms with E-state index < -0.39 is 19.2 Å². The Bertz CT molecular complexity index is 796. The Morgan fingerprint density at radius 3 is 2.15 bits per heavy atom. The van der Waals surface area contributed by atoms with E-state index in [2.05, 4.69) is 6.92 Å². The highest BCUT2D eigenvalue weighted by Gasteiger charge is 2.32. The predicted octanol–water partition coefficient (Wildman–Crippen LogP) is 7.96. The van der Waals surface area contributed by atoms with E-state index in [9.17, 15) is 13.3 Å². The number of benzene rings is 1. The van der Waals surface area contributed by atoms with Crippen LogP contribution in [0.5, 0.6) is 5.75 Å². The third kappa shape index (κ3) is 8.31. The maximum absolute atomic E-state index is 14.8. The Kier molecular flexibility index (Phi) is 10.9. The molecule has 0 heterocycles. The second kappa shape index (κ2) is 13.4. The lowest BCUT2D eigenvalue weighted by atomic mass is 9.68. The number of hydrogen-bond donors (Lipinski definition) is 2. The van der Waals surface area contributed by atoms with E-state index in [0.29, 0.717) is 12.0 Å². The molecule has 2 aliphatic carbocycles. The monoisotopic (exact) mass is 500 g/mol. The zero-order valence-corrected chi connectivity index (χ0v) is 21.6. The fourth-order valence-corrected chi connectivity index (χ4v) is 6.74. The maximum atomic E-state index is 14.8. The summed E-state index contributed by atoms with van der Waals surface area (Å²) in [4.78, 5) is 17.7. The predicted molar refractivity (Wildman–Crippen MR) is 132 cm³/mol. The van der Waals surface area contributed by atoms with Crippen molar-refractivity contribution in [1.29, 1.82) is 0 Å². The molecule has 0 unspecified atom stereocenters. The average molecular weight is 501 g/mol. The van der Waals surface area contributed by atoms with Crippen molar-refractivity contribution in [2.45, 2.75) is 103 Å². The lowest BCUT2D eigenvalue weighted by molar-refractivity contribution is 0.155. The minimum atomic E-state index is -4.03. The molecule has 2 fully saturated rings. The summed E-state index contributed by atoms with van der Waals surface area (Å²) >= 11 is 0.